The molecule has 27 heavy (non-hydrogen) atoms. The number of nitrogens with one attached hydrogen (secondary N) is 2. The molecule has 2 amide bonds. The number of benzene rings is 2. The van der Waals surface area contributed by atoms with Crippen molar-refractivity contribution in [2.75, 3.05) is 23.8 Å². The molecule has 7 nitrogen and oxygen atoms in total. The van der Waals surface area contributed by atoms with Crippen LogP contribution in [0.3, 0.4) is 0 Å². The molecule has 0 aliphatic carbocycles. The second kappa shape index (κ2) is 7.50. The minimum Gasteiger partial charge on any atom is -0.322 e. The number of hydrogen-bond donors (Lipinski definition) is 2. The first kappa shape index (κ1) is 19.1. The fraction of sp³-hybridized carbons (Fsp3) is 0.263. The Hall–Kier alpha value is -2.71. The maximum absolute atomic E-state index is 12.8. The quantitative estimate of drug-likeness (QED) is 0.823. The Bertz CT molecular complexity index is 1000. The summed E-state index contributed by atoms with van der Waals surface area (Å²) in [6.07, 6.45) is 1.23. The van der Waals surface area contributed by atoms with Crippen molar-refractivity contribution in [1.29, 1.82) is 0 Å². The van der Waals surface area contributed by atoms with Gasteiger partial charge >= 0.3 is 0 Å². The zero-order valence-electron chi connectivity index (χ0n) is 15.2. The molecule has 0 spiro atoms. The van der Waals surface area contributed by atoms with Gasteiger partial charge in [-0.2, -0.15) is 0 Å². The van der Waals surface area contributed by atoms with Crippen LogP contribution in [0.1, 0.15) is 28.8 Å². The van der Waals surface area contributed by atoms with Gasteiger partial charge in [0.1, 0.15) is 0 Å². The SMILES string of the molecule is CNS(=O)(=O)c1cc(NC(=O)c2ccccc2N2CCCC2=O)ccc1C. The third-order valence-electron chi connectivity index (χ3n) is 4.52. The lowest BCUT2D eigenvalue weighted by Gasteiger charge is -2.19. The van der Waals surface area contributed by atoms with Gasteiger partial charge in [-0.25, -0.2) is 13.1 Å². The highest BCUT2D eigenvalue weighted by Crippen LogP contribution is 2.27. The fourth-order valence-corrected chi connectivity index (χ4v) is 4.07. The number of hydrogen-bond acceptors (Lipinski definition) is 4. The monoisotopic (exact) mass is 387 g/mol. The van der Waals surface area contributed by atoms with Gasteiger partial charge in [0.25, 0.3) is 5.91 Å². The zero-order chi connectivity index (χ0) is 19.6. The van der Waals surface area contributed by atoms with Gasteiger partial charge in [0.2, 0.25) is 15.9 Å². The molecule has 2 aromatic rings. The maximum Gasteiger partial charge on any atom is 0.257 e. The molecule has 0 saturated carbocycles. The van der Waals surface area contributed by atoms with Crippen molar-refractivity contribution in [3.8, 4) is 0 Å². The molecule has 3 rings (SSSR count). The summed E-state index contributed by atoms with van der Waals surface area (Å²) < 4.78 is 26.5. The minimum atomic E-state index is -3.63. The van der Waals surface area contributed by atoms with E-state index in [1.165, 1.54) is 13.1 Å². The molecule has 1 aliphatic rings. The molecule has 1 saturated heterocycles. The van der Waals surface area contributed by atoms with Gasteiger partial charge in [0.05, 0.1) is 16.1 Å². The molecule has 1 fully saturated rings. The van der Waals surface area contributed by atoms with E-state index in [9.17, 15) is 18.0 Å². The van der Waals surface area contributed by atoms with Crippen LogP contribution in [0.4, 0.5) is 11.4 Å². The number of nitrogens with zero attached hydrogens (tertiary/aromatic N) is 1. The third-order valence-corrected chi connectivity index (χ3v) is 6.07. The van der Waals surface area contributed by atoms with E-state index < -0.39 is 15.9 Å². The van der Waals surface area contributed by atoms with Crippen molar-refractivity contribution >= 4 is 33.2 Å². The van der Waals surface area contributed by atoms with Crippen LogP contribution in [0.5, 0.6) is 0 Å². The Morgan fingerprint density at radius 2 is 1.89 bits per heavy atom. The van der Waals surface area contributed by atoms with Crippen molar-refractivity contribution in [2.45, 2.75) is 24.7 Å². The van der Waals surface area contributed by atoms with Crippen LogP contribution >= 0.6 is 0 Å². The second-order valence-electron chi connectivity index (χ2n) is 6.31. The van der Waals surface area contributed by atoms with Crippen molar-refractivity contribution in [3.05, 3.63) is 53.6 Å². The standard InChI is InChI=1S/C19H21N3O4S/c1-13-9-10-14(12-17(13)27(25,26)20-2)21-19(24)15-6-3-4-7-16(15)22-11-5-8-18(22)23/h3-4,6-7,9-10,12,20H,5,8,11H2,1-2H3,(H,21,24). The predicted molar refractivity (Wildman–Crippen MR) is 103 cm³/mol. The van der Waals surface area contributed by atoms with E-state index in [2.05, 4.69) is 10.0 Å². The summed E-state index contributed by atoms with van der Waals surface area (Å²) in [7, 11) is -2.30. The lowest BCUT2D eigenvalue weighted by Crippen LogP contribution is -2.27. The molecule has 2 N–H and O–H groups in total. The number of carbonyl (C=O) groups is 2. The average Bonchev–Trinajstić information content (AvgIpc) is 3.09. The molecular weight excluding hydrogens is 366 g/mol. The van der Waals surface area contributed by atoms with Crippen LogP contribution in [0.25, 0.3) is 0 Å². The Morgan fingerprint density at radius 3 is 2.56 bits per heavy atom. The Morgan fingerprint density at radius 1 is 1.15 bits per heavy atom. The lowest BCUT2D eigenvalue weighted by molar-refractivity contribution is -0.117. The minimum absolute atomic E-state index is 0.00649. The zero-order valence-corrected chi connectivity index (χ0v) is 16.0. The Balaban J connectivity index is 1.91. The molecule has 1 heterocycles. The maximum atomic E-state index is 12.8. The molecule has 0 atom stereocenters. The topological polar surface area (TPSA) is 95.6 Å². The highest BCUT2D eigenvalue weighted by Gasteiger charge is 2.25. The molecular formula is C19H21N3O4S. The molecule has 8 heteroatoms. The second-order valence-corrected chi connectivity index (χ2v) is 8.16. The van der Waals surface area contributed by atoms with E-state index in [1.54, 1.807) is 48.2 Å². The van der Waals surface area contributed by atoms with Gasteiger partial charge in [-0.1, -0.05) is 18.2 Å². The van der Waals surface area contributed by atoms with E-state index in [4.69, 9.17) is 0 Å². The number of carbonyl (C=O) groups excluding carboxylic acids is 2. The number of amides is 2. The average molecular weight is 387 g/mol. The number of aryl methyl sites for hydroxylation is 1. The molecule has 0 bridgehead atoms. The highest BCUT2D eigenvalue weighted by atomic mass is 32.2. The number of para-hydroxylation sites is 1. The Labute approximate surface area is 158 Å². The first-order valence-corrected chi connectivity index (χ1v) is 10.1. The van der Waals surface area contributed by atoms with Gasteiger partial charge in [0, 0.05) is 18.7 Å². The van der Waals surface area contributed by atoms with Gasteiger partial charge in [0.15, 0.2) is 0 Å². The van der Waals surface area contributed by atoms with E-state index in [0.717, 1.165) is 6.42 Å². The van der Waals surface area contributed by atoms with E-state index >= 15 is 0 Å². The number of anilines is 2. The van der Waals surface area contributed by atoms with Gasteiger partial charge in [-0.05, 0) is 50.2 Å². The molecule has 0 aromatic heterocycles. The van der Waals surface area contributed by atoms with Gasteiger partial charge < -0.3 is 10.2 Å². The van der Waals surface area contributed by atoms with Crippen molar-refractivity contribution in [3.63, 3.8) is 0 Å². The van der Waals surface area contributed by atoms with Crippen LogP contribution < -0.4 is 14.9 Å². The van der Waals surface area contributed by atoms with Crippen LogP contribution in [-0.4, -0.2) is 33.8 Å². The largest absolute Gasteiger partial charge is 0.322 e. The van der Waals surface area contributed by atoms with Crippen LogP contribution in [-0.2, 0) is 14.8 Å². The summed E-state index contributed by atoms with van der Waals surface area (Å²) in [5, 5.41) is 2.73. The number of sulfonamides is 1. The lowest BCUT2D eigenvalue weighted by atomic mass is 10.1. The Kier molecular flexibility index (Phi) is 5.29. The summed E-state index contributed by atoms with van der Waals surface area (Å²) in [4.78, 5) is 26.6. The van der Waals surface area contributed by atoms with Crippen LogP contribution in [0.2, 0.25) is 0 Å². The molecule has 142 valence electrons. The van der Waals surface area contributed by atoms with Gasteiger partial charge in [-0.15, -0.1) is 0 Å². The molecule has 0 unspecified atom stereocenters. The van der Waals surface area contributed by atoms with E-state index in [1.807, 2.05) is 0 Å². The van der Waals surface area contributed by atoms with Crippen molar-refractivity contribution < 1.29 is 18.0 Å². The molecule has 1 aliphatic heterocycles. The third kappa shape index (κ3) is 3.86. The number of rotatable bonds is 5. The fourth-order valence-electron chi connectivity index (χ4n) is 3.08. The summed E-state index contributed by atoms with van der Waals surface area (Å²) in [5.74, 6) is -0.407. The van der Waals surface area contributed by atoms with Crippen molar-refractivity contribution in [1.82, 2.24) is 4.72 Å². The summed E-state index contributed by atoms with van der Waals surface area (Å²) in [5.41, 5.74) is 1.87. The highest BCUT2D eigenvalue weighted by molar-refractivity contribution is 7.89. The van der Waals surface area contributed by atoms with E-state index in [0.29, 0.717) is 35.5 Å². The van der Waals surface area contributed by atoms with Crippen LogP contribution in [0, 0.1) is 6.92 Å². The van der Waals surface area contributed by atoms with Gasteiger partial charge in [-0.3, -0.25) is 9.59 Å². The summed E-state index contributed by atoms with van der Waals surface area (Å²) >= 11 is 0. The predicted octanol–water partition coefficient (Wildman–Crippen LogP) is 2.28. The molecule has 2 aromatic carbocycles. The normalized spacial score (nSPS) is 14.4. The van der Waals surface area contributed by atoms with E-state index in [-0.39, 0.29) is 10.8 Å². The molecule has 0 radical (unpaired) electrons. The summed E-state index contributed by atoms with van der Waals surface area (Å²) in [6.45, 7) is 2.27. The summed E-state index contributed by atoms with van der Waals surface area (Å²) in [6, 6.07) is 11.6. The first-order valence-electron chi connectivity index (χ1n) is 8.58. The van der Waals surface area contributed by atoms with Crippen molar-refractivity contribution in [2.24, 2.45) is 0 Å². The van der Waals surface area contributed by atoms with Crippen LogP contribution in [0.15, 0.2) is 47.4 Å². The first-order chi connectivity index (χ1) is 12.8. The smallest absolute Gasteiger partial charge is 0.257 e.